The molecule has 0 unspecified atom stereocenters. The molecule has 3 heteroatoms. The van der Waals surface area contributed by atoms with Gasteiger partial charge in [-0.05, 0) is 25.8 Å². The Morgan fingerprint density at radius 2 is 1.59 bits per heavy atom. The van der Waals surface area contributed by atoms with E-state index >= 15 is 0 Å². The quantitative estimate of drug-likeness (QED) is 0.707. The van der Waals surface area contributed by atoms with E-state index in [4.69, 9.17) is 15.2 Å². The minimum absolute atomic E-state index is 0.0552. The first kappa shape index (κ1) is 14.2. The number of rotatable bonds is 8. The predicted octanol–water partition coefficient (Wildman–Crippen LogP) is 2.87. The van der Waals surface area contributed by atoms with Crippen molar-refractivity contribution in [2.75, 3.05) is 13.2 Å². The maximum Gasteiger partial charge on any atom is 0.157 e. The van der Waals surface area contributed by atoms with Crippen molar-refractivity contribution in [3.8, 4) is 0 Å². The molecule has 0 aliphatic heterocycles. The Kier molecular flexibility index (Phi) is 6.86. The molecule has 0 saturated heterocycles. The molecule has 0 fully saturated rings. The van der Waals surface area contributed by atoms with E-state index in [0.29, 0.717) is 13.2 Å². The van der Waals surface area contributed by atoms with Crippen molar-refractivity contribution in [1.82, 2.24) is 0 Å². The minimum atomic E-state index is -0.125. The summed E-state index contributed by atoms with van der Waals surface area (Å²) in [5.41, 5.74) is 7.29. The fourth-order valence-electron chi connectivity index (χ4n) is 1.77. The summed E-state index contributed by atoms with van der Waals surface area (Å²) >= 11 is 0. The Hall–Kier alpha value is -0.900. The van der Waals surface area contributed by atoms with Crippen molar-refractivity contribution in [3.05, 3.63) is 35.9 Å². The third-order valence-electron chi connectivity index (χ3n) is 2.65. The van der Waals surface area contributed by atoms with E-state index < -0.39 is 0 Å². The van der Waals surface area contributed by atoms with Crippen LogP contribution in [0.25, 0.3) is 0 Å². The van der Waals surface area contributed by atoms with Gasteiger partial charge in [0.05, 0.1) is 0 Å². The van der Waals surface area contributed by atoms with Gasteiger partial charge in [-0.1, -0.05) is 30.3 Å². The summed E-state index contributed by atoms with van der Waals surface area (Å²) in [5.74, 6) is 0. The molecule has 1 aromatic rings. The van der Waals surface area contributed by atoms with Crippen LogP contribution in [0, 0.1) is 0 Å². The SMILES string of the molecule is CCOC(CC[C@H](N)c1ccccc1)OCC. The third-order valence-corrected chi connectivity index (χ3v) is 2.65. The van der Waals surface area contributed by atoms with Crippen LogP contribution in [-0.4, -0.2) is 19.5 Å². The maximum absolute atomic E-state index is 6.12. The first-order valence-electron chi connectivity index (χ1n) is 6.31. The zero-order chi connectivity index (χ0) is 12.5. The summed E-state index contributed by atoms with van der Waals surface area (Å²) in [6.45, 7) is 5.29. The fourth-order valence-corrected chi connectivity index (χ4v) is 1.77. The lowest BCUT2D eigenvalue weighted by Gasteiger charge is -2.19. The second-order valence-electron chi connectivity index (χ2n) is 3.93. The van der Waals surface area contributed by atoms with Gasteiger partial charge < -0.3 is 15.2 Å². The Morgan fingerprint density at radius 3 is 2.12 bits per heavy atom. The van der Waals surface area contributed by atoms with Crippen LogP contribution in [0.3, 0.4) is 0 Å². The Labute approximate surface area is 104 Å². The Bertz CT molecular complexity index is 284. The van der Waals surface area contributed by atoms with Gasteiger partial charge in [-0.2, -0.15) is 0 Å². The fraction of sp³-hybridized carbons (Fsp3) is 0.571. The van der Waals surface area contributed by atoms with E-state index in [9.17, 15) is 0 Å². The first-order chi connectivity index (χ1) is 8.27. The van der Waals surface area contributed by atoms with Crippen molar-refractivity contribution in [1.29, 1.82) is 0 Å². The van der Waals surface area contributed by atoms with Crippen LogP contribution in [0.4, 0.5) is 0 Å². The molecule has 1 rings (SSSR count). The molecule has 0 saturated carbocycles. The van der Waals surface area contributed by atoms with Gasteiger partial charge in [-0.25, -0.2) is 0 Å². The number of hydrogen-bond acceptors (Lipinski definition) is 3. The summed E-state index contributed by atoms with van der Waals surface area (Å²) in [6.07, 6.45) is 1.58. The zero-order valence-corrected chi connectivity index (χ0v) is 10.8. The van der Waals surface area contributed by atoms with Crippen LogP contribution in [0.1, 0.15) is 38.3 Å². The molecule has 3 nitrogen and oxygen atoms in total. The minimum Gasteiger partial charge on any atom is -0.353 e. The Balaban J connectivity index is 2.38. The molecule has 0 heterocycles. The normalized spacial score (nSPS) is 12.9. The molecule has 0 spiro atoms. The third kappa shape index (κ3) is 5.31. The number of nitrogens with two attached hydrogens (primary N) is 1. The zero-order valence-electron chi connectivity index (χ0n) is 10.8. The van der Waals surface area contributed by atoms with Gasteiger partial charge >= 0.3 is 0 Å². The van der Waals surface area contributed by atoms with Crippen molar-refractivity contribution in [2.45, 2.75) is 39.0 Å². The van der Waals surface area contributed by atoms with E-state index in [1.165, 1.54) is 5.56 Å². The van der Waals surface area contributed by atoms with E-state index in [1.807, 2.05) is 32.0 Å². The number of benzene rings is 1. The molecular weight excluding hydrogens is 214 g/mol. The summed E-state index contributed by atoms with van der Waals surface area (Å²) in [4.78, 5) is 0. The van der Waals surface area contributed by atoms with Gasteiger partial charge in [-0.3, -0.25) is 0 Å². The summed E-state index contributed by atoms with van der Waals surface area (Å²) in [6, 6.07) is 10.2. The van der Waals surface area contributed by atoms with Gasteiger partial charge in [0.2, 0.25) is 0 Å². The monoisotopic (exact) mass is 237 g/mol. The van der Waals surface area contributed by atoms with Crippen molar-refractivity contribution < 1.29 is 9.47 Å². The highest BCUT2D eigenvalue weighted by Crippen LogP contribution is 2.17. The van der Waals surface area contributed by atoms with Crippen molar-refractivity contribution >= 4 is 0 Å². The van der Waals surface area contributed by atoms with Gasteiger partial charge in [0, 0.05) is 25.7 Å². The summed E-state index contributed by atoms with van der Waals surface area (Å²) in [7, 11) is 0. The molecule has 0 bridgehead atoms. The molecule has 0 aliphatic rings. The van der Waals surface area contributed by atoms with Crippen LogP contribution in [0.5, 0.6) is 0 Å². The van der Waals surface area contributed by atoms with E-state index in [2.05, 4.69) is 12.1 Å². The second kappa shape index (κ2) is 8.23. The average Bonchev–Trinajstić information content (AvgIpc) is 2.37. The van der Waals surface area contributed by atoms with Crippen LogP contribution in [0.2, 0.25) is 0 Å². The highest BCUT2D eigenvalue weighted by atomic mass is 16.7. The van der Waals surface area contributed by atoms with Crippen LogP contribution >= 0.6 is 0 Å². The van der Waals surface area contributed by atoms with Gasteiger partial charge in [0.25, 0.3) is 0 Å². The van der Waals surface area contributed by atoms with E-state index in [-0.39, 0.29) is 12.3 Å². The number of ether oxygens (including phenoxy) is 2. The van der Waals surface area contributed by atoms with Gasteiger partial charge in [0.15, 0.2) is 6.29 Å². The molecule has 17 heavy (non-hydrogen) atoms. The molecule has 0 aliphatic carbocycles. The molecule has 0 aromatic heterocycles. The Morgan fingerprint density at radius 1 is 1.00 bits per heavy atom. The molecule has 0 radical (unpaired) electrons. The lowest BCUT2D eigenvalue weighted by molar-refractivity contribution is -0.140. The summed E-state index contributed by atoms with van der Waals surface area (Å²) < 4.78 is 11.0. The van der Waals surface area contributed by atoms with Crippen LogP contribution < -0.4 is 5.73 Å². The van der Waals surface area contributed by atoms with Crippen LogP contribution in [0.15, 0.2) is 30.3 Å². The van der Waals surface area contributed by atoms with E-state index in [0.717, 1.165) is 12.8 Å². The molecule has 2 N–H and O–H groups in total. The highest BCUT2D eigenvalue weighted by Gasteiger charge is 2.12. The summed E-state index contributed by atoms with van der Waals surface area (Å²) in [5, 5.41) is 0. The van der Waals surface area contributed by atoms with Crippen molar-refractivity contribution in [2.24, 2.45) is 5.73 Å². The smallest absolute Gasteiger partial charge is 0.157 e. The standard InChI is InChI=1S/C14H23NO2/c1-3-16-14(17-4-2)11-10-13(15)12-8-6-5-7-9-12/h5-9,13-14H,3-4,10-11,15H2,1-2H3/t13-/m0/s1. The topological polar surface area (TPSA) is 44.5 Å². The lowest BCUT2D eigenvalue weighted by Crippen LogP contribution is -2.20. The van der Waals surface area contributed by atoms with Gasteiger partial charge in [0.1, 0.15) is 0 Å². The lowest BCUT2D eigenvalue weighted by atomic mass is 10.0. The first-order valence-corrected chi connectivity index (χ1v) is 6.31. The highest BCUT2D eigenvalue weighted by molar-refractivity contribution is 5.18. The molecule has 1 aromatic carbocycles. The van der Waals surface area contributed by atoms with Crippen molar-refractivity contribution in [3.63, 3.8) is 0 Å². The number of hydrogen-bond donors (Lipinski definition) is 1. The molecular formula is C14H23NO2. The molecule has 96 valence electrons. The van der Waals surface area contributed by atoms with Crippen LogP contribution in [-0.2, 0) is 9.47 Å². The predicted molar refractivity (Wildman–Crippen MR) is 69.6 cm³/mol. The maximum atomic E-state index is 6.12. The second-order valence-corrected chi connectivity index (χ2v) is 3.93. The largest absolute Gasteiger partial charge is 0.353 e. The molecule has 1 atom stereocenters. The molecule has 0 amide bonds. The average molecular weight is 237 g/mol. The van der Waals surface area contributed by atoms with E-state index in [1.54, 1.807) is 0 Å². The van der Waals surface area contributed by atoms with Gasteiger partial charge in [-0.15, -0.1) is 0 Å².